The predicted octanol–water partition coefficient (Wildman–Crippen LogP) is 6.05. The average molecular weight is 780 g/mol. The van der Waals surface area contributed by atoms with E-state index < -0.39 is 29.7 Å². The van der Waals surface area contributed by atoms with Gasteiger partial charge in [0.15, 0.2) is 0 Å². The Labute approximate surface area is 336 Å². The van der Waals surface area contributed by atoms with Crippen LogP contribution in [-0.2, 0) is 21.4 Å². The molecule has 1 aliphatic carbocycles. The van der Waals surface area contributed by atoms with Crippen LogP contribution in [0, 0.1) is 11.8 Å². The smallest absolute Gasteiger partial charge is 0.262 e. The van der Waals surface area contributed by atoms with E-state index in [1.165, 1.54) is 39.5 Å². The number of benzene rings is 3. The van der Waals surface area contributed by atoms with Crippen LogP contribution in [0.25, 0.3) is 32.9 Å². The molecule has 0 radical (unpaired) electrons. The number of aryl methyl sites for hydroxylation is 1. The maximum atomic E-state index is 13.0. The number of amides is 4. The minimum absolute atomic E-state index is 0.0756. The Morgan fingerprint density at radius 3 is 2.36 bits per heavy atom. The first kappa shape index (κ1) is 37.5. The van der Waals surface area contributed by atoms with E-state index in [2.05, 4.69) is 87.2 Å². The lowest BCUT2D eigenvalue weighted by molar-refractivity contribution is -0.136. The van der Waals surface area contributed by atoms with E-state index in [0.29, 0.717) is 11.9 Å². The van der Waals surface area contributed by atoms with Crippen LogP contribution in [0.5, 0.6) is 11.5 Å². The van der Waals surface area contributed by atoms with E-state index in [9.17, 15) is 19.2 Å². The number of hydrogen-bond acceptors (Lipinski definition) is 9. The lowest BCUT2D eigenvalue weighted by atomic mass is 9.91. The van der Waals surface area contributed by atoms with Gasteiger partial charge < -0.3 is 23.7 Å². The van der Waals surface area contributed by atoms with Crippen molar-refractivity contribution < 1.29 is 33.4 Å². The van der Waals surface area contributed by atoms with Gasteiger partial charge in [0.2, 0.25) is 11.8 Å². The molecule has 2 saturated heterocycles. The van der Waals surface area contributed by atoms with Gasteiger partial charge in [-0.05, 0) is 85.8 Å². The van der Waals surface area contributed by atoms with Crippen LogP contribution in [0.3, 0.4) is 0 Å². The van der Waals surface area contributed by atoms with E-state index in [1.807, 2.05) is 12.4 Å². The second-order valence-electron chi connectivity index (χ2n) is 15.6. The molecule has 1 N–H and O–H groups in total. The van der Waals surface area contributed by atoms with Crippen LogP contribution in [0.2, 0.25) is 0 Å². The highest BCUT2D eigenvalue weighted by atomic mass is 16.5. The van der Waals surface area contributed by atoms with Crippen molar-refractivity contribution in [3.05, 3.63) is 90.3 Å². The van der Waals surface area contributed by atoms with Gasteiger partial charge in [-0.1, -0.05) is 36.1 Å². The summed E-state index contributed by atoms with van der Waals surface area (Å²) in [5.74, 6) is 5.38. The van der Waals surface area contributed by atoms with Crippen LogP contribution in [-0.4, -0.2) is 93.6 Å². The highest BCUT2D eigenvalue weighted by Crippen LogP contribution is 2.35. The Morgan fingerprint density at radius 2 is 1.55 bits per heavy atom. The Kier molecular flexibility index (Phi) is 10.4. The molecule has 4 aliphatic rings. The number of aromatic nitrogens is 2. The summed E-state index contributed by atoms with van der Waals surface area (Å²) in [7, 11) is 2.10. The minimum Gasteiger partial charge on any atom is -0.490 e. The molecule has 2 aromatic heterocycles. The molecule has 0 bridgehead atoms. The molecule has 3 aromatic carbocycles. The lowest BCUT2D eigenvalue weighted by Gasteiger charge is -2.40. The molecule has 3 fully saturated rings. The van der Waals surface area contributed by atoms with Gasteiger partial charge in [0.05, 0.1) is 28.9 Å². The summed E-state index contributed by atoms with van der Waals surface area (Å²) in [6.07, 6.45) is 10.3. The summed E-state index contributed by atoms with van der Waals surface area (Å²) in [6.45, 7) is 3.18. The van der Waals surface area contributed by atoms with Crippen molar-refractivity contribution in [3.8, 4) is 34.5 Å². The van der Waals surface area contributed by atoms with Crippen molar-refractivity contribution in [1.29, 1.82) is 0 Å². The standard InChI is InChI=1S/C46H45N5O7/c1-49-40-16-19-47-28-39(40)36-12-8-30(24-42(36)49)29-6-9-31(10-7-29)57-34-25-35(26-34)58-32-17-21-50(22-18-32)20-4-2-3-5-23-56-33-11-13-37-38(27-33)46(55)51(45(37)54)41-14-15-43(52)48-44(41)53/h6-13,16,19,24,27-28,32,34-35,41H,2,4,14-15,17-18,20-23,25-26H2,1H3,(H,48,52,53). The fraction of sp³-hybridized carbons (Fsp3) is 0.370. The number of ether oxygens (including phenoxy) is 3. The molecule has 1 atom stereocenters. The Bertz CT molecular complexity index is 2470. The molecule has 9 rings (SSSR count). The van der Waals surface area contributed by atoms with E-state index in [-0.39, 0.29) is 42.8 Å². The molecule has 12 heteroatoms. The summed E-state index contributed by atoms with van der Waals surface area (Å²) >= 11 is 0. The first-order valence-electron chi connectivity index (χ1n) is 20.2. The van der Waals surface area contributed by atoms with Gasteiger partial charge in [0, 0.05) is 74.5 Å². The van der Waals surface area contributed by atoms with Crippen molar-refractivity contribution in [1.82, 2.24) is 24.7 Å². The zero-order chi connectivity index (χ0) is 39.8. The molecular weight excluding hydrogens is 735 g/mol. The topological polar surface area (TPSA) is 132 Å². The second-order valence-corrected chi connectivity index (χ2v) is 15.6. The van der Waals surface area contributed by atoms with Gasteiger partial charge in [-0.15, -0.1) is 0 Å². The summed E-state index contributed by atoms with van der Waals surface area (Å²) in [6, 6.07) is 20.8. The van der Waals surface area contributed by atoms with E-state index in [1.54, 1.807) is 6.07 Å². The third-order valence-electron chi connectivity index (χ3n) is 11.9. The van der Waals surface area contributed by atoms with Crippen LogP contribution < -0.4 is 14.8 Å². The third-order valence-corrected chi connectivity index (χ3v) is 11.9. The quantitative estimate of drug-likeness (QED) is 0.0968. The number of nitrogens with zero attached hydrogens (tertiary/aromatic N) is 4. The number of unbranched alkanes of at least 4 members (excludes halogenated alkanes) is 1. The van der Waals surface area contributed by atoms with Crippen molar-refractivity contribution in [2.75, 3.05) is 26.2 Å². The van der Waals surface area contributed by atoms with Crippen molar-refractivity contribution >= 4 is 45.4 Å². The summed E-state index contributed by atoms with van der Waals surface area (Å²) in [4.78, 5) is 57.5. The van der Waals surface area contributed by atoms with E-state index >= 15 is 0 Å². The molecule has 5 aromatic rings. The number of likely N-dealkylation sites (tertiary alicyclic amines) is 1. The number of rotatable bonds is 11. The van der Waals surface area contributed by atoms with Gasteiger partial charge in [-0.25, -0.2) is 0 Å². The van der Waals surface area contributed by atoms with Gasteiger partial charge in [-0.2, -0.15) is 0 Å². The predicted molar refractivity (Wildman–Crippen MR) is 217 cm³/mol. The van der Waals surface area contributed by atoms with Crippen molar-refractivity contribution in [2.45, 2.75) is 75.7 Å². The first-order chi connectivity index (χ1) is 28.3. The molecular formula is C46H45N5O7. The average Bonchev–Trinajstić information content (AvgIpc) is 3.65. The van der Waals surface area contributed by atoms with Crippen LogP contribution >= 0.6 is 0 Å². The minimum atomic E-state index is -0.998. The highest BCUT2D eigenvalue weighted by Gasteiger charge is 2.44. The van der Waals surface area contributed by atoms with Gasteiger partial charge in [-0.3, -0.25) is 34.4 Å². The van der Waals surface area contributed by atoms with Crippen LogP contribution in [0.4, 0.5) is 0 Å². The molecule has 12 nitrogen and oxygen atoms in total. The number of piperidine rings is 2. The zero-order valence-corrected chi connectivity index (χ0v) is 32.4. The van der Waals surface area contributed by atoms with Crippen LogP contribution in [0.15, 0.2) is 79.1 Å². The number of imide groups is 2. The molecule has 1 saturated carbocycles. The van der Waals surface area contributed by atoms with Crippen molar-refractivity contribution in [2.24, 2.45) is 7.05 Å². The van der Waals surface area contributed by atoms with Crippen LogP contribution in [0.1, 0.15) is 72.1 Å². The number of pyridine rings is 1. The fourth-order valence-electron chi connectivity index (χ4n) is 8.61. The maximum absolute atomic E-state index is 13.0. The second kappa shape index (κ2) is 16.1. The fourth-order valence-corrected chi connectivity index (χ4v) is 8.61. The molecule has 3 aliphatic heterocycles. The Hall–Kier alpha value is -6.03. The number of carbonyl (C=O) groups excluding carboxylic acids is 4. The summed E-state index contributed by atoms with van der Waals surface area (Å²) in [5, 5.41) is 4.59. The monoisotopic (exact) mass is 779 g/mol. The summed E-state index contributed by atoms with van der Waals surface area (Å²) < 4.78 is 20.7. The Morgan fingerprint density at radius 1 is 0.776 bits per heavy atom. The van der Waals surface area contributed by atoms with Crippen molar-refractivity contribution in [3.63, 3.8) is 0 Å². The molecule has 4 amide bonds. The number of fused-ring (bicyclic) bond motifs is 4. The number of carbonyl (C=O) groups is 4. The van der Waals surface area contributed by atoms with E-state index in [0.717, 1.165) is 74.4 Å². The molecule has 58 heavy (non-hydrogen) atoms. The maximum Gasteiger partial charge on any atom is 0.262 e. The van der Waals surface area contributed by atoms with Gasteiger partial charge in [0.25, 0.3) is 11.8 Å². The molecule has 1 unspecified atom stereocenters. The van der Waals surface area contributed by atoms with Gasteiger partial charge >= 0.3 is 0 Å². The largest absolute Gasteiger partial charge is 0.490 e. The SMILES string of the molecule is Cn1c2ccncc2c2ccc(-c3ccc(OC4CC(OC5CCN(CCCC#CCOc6ccc7c(c6)C(=O)N(C6CCC(=O)NC6=O)C7=O)CC5)C4)cc3)cc21. The normalized spacial score (nSPS) is 21.1. The molecule has 296 valence electrons. The van der Waals surface area contributed by atoms with Gasteiger partial charge in [0.1, 0.15) is 30.3 Å². The highest BCUT2D eigenvalue weighted by molar-refractivity contribution is 6.23. The summed E-state index contributed by atoms with van der Waals surface area (Å²) in [5.41, 5.74) is 5.11. The van der Waals surface area contributed by atoms with E-state index in [4.69, 9.17) is 14.2 Å². The zero-order valence-electron chi connectivity index (χ0n) is 32.4. The molecule has 0 spiro atoms. The number of hydrogen-bond donors (Lipinski definition) is 1. The number of nitrogens with one attached hydrogen (secondary N) is 1. The third kappa shape index (κ3) is 7.55. The Balaban J connectivity index is 0.652. The lowest BCUT2D eigenvalue weighted by Crippen LogP contribution is -2.54. The molecule has 5 heterocycles. The first-order valence-corrected chi connectivity index (χ1v) is 20.2.